The minimum Gasteiger partial charge on any atom is -0.389 e. The van der Waals surface area contributed by atoms with Crippen LogP contribution in [0, 0.1) is 6.92 Å². The van der Waals surface area contributed by atoms with Gasteiger partial charge in [0, 0.05) is 18.8 Å². The topological polar surface area (TPSA) is 50.1 Å². The first kappa shape index (κ1) is 14.5. The van der Waals surface area contributed by atoms with Crippen molar-refractivity contribution in [3.63, 3.8) is 0 Å². The number of aryl methyl sites for hydroxylation is 1. The maximum absolute atomic E-state index is 10.5. The van der Waals surface area contributed by atoms with Gasteiger partial charge in [0.2, 0.25) is 0 Å². The van der Waals surface area contributed by atoms with Crippen molar-refractivity contribution in [1.82, 2.24) is 15.1 Å². The van der Waals surface area contributed by atoms with E-state index in [0.717, 1.165) is 25.7 Å². The van der Waals surface area contributed by atoms with Crippen molar-refractivity contribution < 1.29 is 5.11 Å². The van der Waals surface area contributed by atoms with E-state index in [0.29, 0.717) is 18.6 Å². The van der Waals surface area contributed by atoms with Gasteiger partial charge in [0.05, 0.1) is 17.8 Å². The monoisotopic (exact) mass is 265 g/mol. The highest BCUT2D eigenvalue weighted by Gasteiger charge is 2.29. The van der Waals surface area contributed by atoms with Crippen molar-refractivity contribution >= 4 is 0 Å². The molecule has 0 bridgehead atoms. The molecule has 0 aromatic carbocycles. The van der Waals surface area contributed by atoms with Crippen LogP contribution in [-0.2, 0) is 0 Å². The van der Waals surface area contributed by atoms with Gasteiger partial charge in [-0.25, -0.2) is 0 Å². The number of hydrogen-bond donors (Lipinski definition) is 2. The Balaban J connectivity index is 1.85. The molecule has 2 N–H and O–H groups in total. The molecule has 4 heteroatoms. The Kier molecular flexibility index (Phi) is 4.63. The first-order valence-electron chi connectivity index (χ1n) is 7.47. The maximum atomic E-state index is 10.5. The zero-order valence-corrected chi connectivity index (χ0v) is 12.4. The van der Waals surface area contributed by atoms with Gasteiger partial charge in [0.1, 0.15) is 0 Å². The molecule has 1 aromatic rings. The summed E-state index contributed by atoms with van der Waals surface area (Å²) in [4.78, 5) is 0. The summed E-state index contributed by atoms with van der Waals surface area (Å²) in [6.45, 7) is 7.07. The third-order valence-corrected chi connectivity index (χ3v) is 4.41. The van der Waals surface area contributed by atoms with Gasteiger partial charge in [0.15, 0.2) is 0 Å². The van der Waals surface area contributed by atoms with Crippen LogP contribution < -0.4 is 5.32 Å². The fourth-order valence-corrected chi connectivity index (χ4v) is 2.79. The highest BCUT2D eigenvalue weighted by Crippen LogP contribution is 2.27. The molecule has 2 atom stereocenters. The Bertz CT molecular complexity index is 396. The first-order valence-corrected chi connectivity index (χ1v) is 7.47. The zero-order valence-electron chi connectivity index (χ0n) is 12.4. The van der Waals surface area contributed by atoms with Crippen molar-refractivity contribution in [3.05, 3.63) is 18.0 Å². The van der Waals surface area contributed by atoms with Gasteiger partial charge in [-0.3, -0.25) is 4.68 Å². The van der Waals surface area contributed by atoms with Gasteiger partial charge in [-0.1, -0.05) is 19.3 Å². The molecule has 0 aliphatic heterocycles. The average Bonchev–Trinajstić information content (AvgIpc) is 2.83. The van der Waals surface area contributed by atoms with E-state index in [9.17, 15) is 5.11 Å². The Morgan fingerprint density at radius 1 is 1.37 bits per heavy atom. The molecule has 108 valence electrons. The van der Waals surface area contributed by atoms with E-state index in [4.69, 9.17) is 0 Å². The Hall–Kier alpha value is -0.870. The maximum Gasteiger partial charge on any atom is 0.0771 e. The minimum atomic E-state index is -0.494. The number of aliphatic hydroxyl groups is 1. The predicted octanol–water partition coefficient (Wildman–Crippen LogP) is 2.43. The molecule has 19 heavy (non-hydrogen) atoms. The summed E-state index contributed by atoms with van der Waals surface area (Å²) in [5.74, 6) is 0. The SMILES string of the molecule is Cc1cnn([C@@H](C)[C@H](C)NCC2(O)CCCCC2)c1. The van der Waals surface area contributed by atoms with Gasteiger partial charge < -0.3 is 10.4 Å². The Morgan fingerprint density at radius 3 is 2.63 bits per heavy atom. The molecule has 1 aromatic heterocycles. The molecule has 0 radical (unpaired) electrons. The van der Waals surface area contributed by atoms with Crippen molar-refractivity contribution in [2.75, 3.05) is 6.54 Å². The van der Waals surface area contributed by atoms with Crippen molar-refractivity contribution in [3.8, 4) is 0 Å². The number of hydrogen-bond acceptors (Lipinski definition) is 3. The summed E-state index contributed by atoms with van der Waals surface area (Å²) in [5.41, 5.74) is 0.691. The number of nitrogens with zero attached hydrogens (tertiary/aromatic N) is 2. The Labute approximate surface area is 116 Å². The lowest BCUT2D eigenvalue weighted by molar-refractivity contribution is 0.00181. The molecule has 1 saturated carbocycles. The predicted molar refractivity (Wildman–Crippen MR) is 77.2 cm³/mol. The second-order valence-electron chi connectivity index (χ2n) is 6.19. The molecular formula is C15H27N3O. The van der Waals surface area contributed by atoms with Gasteiger partial charge in [-0.15, -0.1) is 0 Å². The summed E-state index contributed by atoms with van der Waals surface area (Å²) in [7, 11) is 0. The standard InChI is InChI=1S/C15H27N3O/c1-12-9-17-18(10-12)14(3)13(2)16-11-15(19)7-5-4-6-8-15/h9-10,13-14,16,19H,4-8,11H2,1-3H3/t13-,14-/m0/s1. The van der Waals surface area contributed by atoms with E-state index in [-0.39, 0.29) is 0 Å². The number of nitrogens with one attached hydrogen (secondary N) is 1. The summed E-state index contributed by atoms with van der Waals surface area (Å²) in [5, 5.41) is 18.3. The molecule has 0 saturated heterocycles. The van der Waals surface area contributed by atoms with Gasteiger partial charge in [-0.2, -0.15) is 5.10 Å². The van der Waals surface area contributed by atoms with Crippen molar-refractivity contribution in [2.45, 2.75) is 70.6 Å². The van der Waals surface area contributed by atoms with E-state index < -0.39 is 5.60 Å². The van der Waals surface area contributed by atoms with Gasteiger partial charge >= 0.3 is 0 Å². The molecule has 0 amide bonds. The normalized spacial score (nSPS) is 22.1. The second kappa shape index (κ2) is 6.06. The third-order valence-electron chi connectivity index (χ3n) is 4.41. The van der Waals surface area contributed by atoms with Crippen LogP contribution in [0.4, 0.5) is 0 Å². The average molecular weight is 265 g/mol. The van der Waals surface area contributed by atoms with Gasteiger partial charge in [0.25, 0.3) is 0 Å². The highest BCUT2D eigenvalue weighted by molar-refractivity contribution is 5.01. The summed E-state index contributed by atoms with van der Waals surface area (Å²) < 4.78 is 2.00. The third kappa shape index (κ3) is 3.80. The molecule has 1 aliphatic carbocycles. The van der Waals surface area contributed by atoms with Crippen LogP contribution in [0.25, 0.3) is 0 Å². The van der Waals surface area contributed by atoms with Crippen LogP contribution >= 0.6 is 0 Å². The lowest BCUT2D eigenvalue weighted by atomic mass is 9.84. The minimum absolute atomic E-state index is 0.292. The fraction of sp³-hybridized carbons (Fsp3) is 0.800. The van der Waals surface area contributed by atoms with Crippen molar-refractivity contribution in [2.24, 2.45) is 0 Å². The van der Waals surface area contributed by atoms with E-state index in [1.807, 2.05) is 10.9 Å². The van der Waals surface area contributed by atoms with E-state index >= 15 is 0 Å². The molecule has 1 fully saturated rings. The van der Waals surface area contributed by atoms with Crippen LogP contribution in [0.2, 0.25) is 0 Å². The van der Waals surface area contributed by atoms with Crippen LogP contribution in [0.3, 0.4) is 0 Å². The lowest BCUT2D eigenvalue weighted by Crippen LogP contribution is -2.46. The summed E-state index contributed by atoms with van der Waals surface area (Å²) >= 11 is 0. The smallest absolute Gasteiger partial charge is 0.0771 e. The largest absolute Gasteiger partial charge is 0.389 e. The molecule has 0 spiro atoms. The molecular weight excluding hydrogens is 238 g/mol. The molecule has 4 nitrogen and oxygen atoms in total. The van der Waals surface area contributed by atoms with E-state index in [1.165, 1.54) is 12.0 Å². The first-order chi connectivity index (χ1) is 9.00. The Morgan fingerprint density at radius 2 is 2.05 bits per heavy atom. The van der Waals surface area contributed by atoms with Crippen molar-refractivity contribution in [1.29, 1.82) is 0 Å². The molecule has 2 rings (SSSR count). The number of rotatable bonds is 5. The van der Waals surface area contributed by atoms with E-state index in [1.54, 1.807) is 0 Å². The second-order valence-corrected chi connectivity index (χ2v) is 6.19. The fourth-order valence-electron chi connectivity index (χ4n) is 2.79. The van der Waals surface area contributed by atoms with Crippen LogP contribution in [-0.4, -0.2) is 33.1 Å². The lowest BCUT2D eigenvalue weighted by Gasteiger charge is -2.34. The zero-order chi connectivity index (χ0) is 13.9. The van der Waals surface area contributed by atoms with Crippen LogP contribution in [0.1, 0.15) is 57.6 Å². The molecule has 0 unspecified atom stereocenters. The molecule has 1 aliphatic rings. The van der Waals surface area contributed by atoms with E-state index in [2.05, 4.69) is 37.4 Å². The van der Waals surface area contributed by atoms with Crippen LogP contribution in [0.5, 0.6) is 0 Å². The quantitative estimate of drug-likeness (QED) is 0.859. The number of aromatic nitrogens is 2. The summed E-state index contributed by atoms with van der Waals surface area (Å²) in [6.07, 6.45) is 9.39. The molecule has 1 heterocycles. The highest BCUT2D eigenvalue weighted by atomic mass is 16.3. The summed E-state index contributed by atoms with van der Waals surface area (Å²) in [6, 6.07) is 0.589. The van der Waals surface area contributed by atoms with Gasteiger partial charge in [-0.05, 0) is 39.2 Å². The van der Waals surface area contributed by atoms with Crippen LogP contribution in [0.15, 0.2) is 12.4 Å².